The van der Waals surface area contributed by atoms with Crippen molar-refractivity contribution in [3.05, 3.63) is 76.2 Å². The summed E-state index contributed by atoms with van der Waals surface area (Å²) in [5.74, 6) is 0.580. The highest BCUT2D eigenvalue weighted by Gasteiger charge is 2.15. The van der Waals surface area contributed by atoms with Gasteiger partial charge in [0, 0.05) is 18.7 Å². The number of hydrogen-bond donors (Lipinski definition) is 1. The lowest BCUT2D eigenvalue weighted by Crippen LogP contribution is -2.31. The van der Waals surface area contributed by atoms with Gasteiger partial charge in [0.15, 0.2) is 0 Å². The molecule has 0 saturated heterocycles. The van der Waals surface area contributed by atoms with Crippen LogP contribution in [0.2, 0.25) is 0 Å². The lowest BCUT2D eigenvalue weighted by molar-refractivity contribution is 0.0951. The first kappa shape index (κ1) is 20.6. The van der Waals surface area contributed by atoms with Crippen LogP contribution in [0.4, 0.5) is 0 Å². The van der Waals surface area contributed by atoms with Crippen molar-refractivity contribution in [2.24, 2.45) is 0 Å². The molecule has 8 nitrogen and oxygen atoms in total. The number of ether oxygens (including phenoxy) is 1. The third-order valence-electron chi connectivity index (χ3n) is 5.21. The standard InChI is InChI=1S/C23H25N5O3/c1-26(2)13-12-24-22(29)17-6-9-19-21(14-17)27(23(30)20-10-11-25-28(19)20)15-16-4-7-18(31-3)8-5-16/h4-11,14H,12-13,15H2,1-3H3,(H,24,29). The predicted octanol–water partition coefficient (Wildman–Crippen LogP) is 2.00. The van der Waals surface area contributed by atoms with Crippen LogP contribution < -0.4 is 15.6 Å². The van der Waals surface area contributed by atoms with Crippen molar-refractivity contribution < 1.29 is 9.53 Å². The molecule has 4 aromatic rings. The molecule has 0 aliphatic carbocycles. The van der Waals surface area contributed by atoms with Crippen molar-refractivity contribution in [1.82, 2.24) is 24.4 Å². The van der Waals surface area contributed by atoms with E-state index in [4.69, 9.17) is 4.74 Å². The van der Waals surface area contributed by atoms with Gasteiger partial charge in [-0.25, -0.2) is 4.52 Å². The van der Waals surface area contributed by atoms with Crippen molar-refractivity contribution in [2.75, 3.05) is 34.3 Å². The molecule has 0 unspecified atom stereocenters. The monoisotopic (exact) mass is 419 g/mol. The highest BCUT2D eigenvalue weighted by Crippen LogP contribution is 2.19. The molecular formula is C23H25N5O3. The third kappa shape index (κ3) is 4.15. The van der Waals surface area contributed by atoms with Crippen LogP contribution in [0.3, 0.4) is 0 Å². The summed E-state index contributed by atoms with van der Waals surface area (Å²) in [5.41, 5.74) is 3.19. The number of benzene rings is 2. The summed E-state index contributed by atoms with van der Waals surface area (Å²) >= 11 is 0. The molecule has 0 aliphatic heterocycles. The summed E-state index contributed by atoms with van der Waals surface area (Å²) in [6.45, 7) is 1.66. The number of nitrogens with one attached hydrogen (secondary N) is 1. The van der Waals surface area contributed by atoms with Crippen LogP contribution in [0.5, 0.6) is 5.75 Å². The molecule has 160 valence electrons. The number of methoxy groups -OCH3 is 1. The zero-order valence-corrected chi connectivity index (χ0v) is 17.8. The Morgan fingerprint density at radius 2 is 1.84 bits per heavy atom. The molecule has 0 spiro atoms. The minimum Gasteiger partial charge on any atom is -0.497 e. The van der Waals surface area contributed by atoms with Crippen LogP contribution in [0, 0.1) is 0 Å². The van der Waals surface area contributed by atoms with Crippen LogP contribution in [0.15, 0.2) is 59.5 Å². The Morgan fingerprint density at radius 1 is 1.06 bits per heavy atom. The van der Waals surface area contributed by atoms with Crippen LogP contribution in [0.1, 0.15) is 15.9 Å². The number of fused-ring (bicyclic) bond motifs is 3. The number of likely N-dealkylation sites (N-methyl/N-ethyl adjacent to an activating group) is 1. The van der Waals surface area contributed by atoms with E-state index in [0.717, 1.165) is 23.4 Å². The van der Waals surface area contributed by atoms with Crippen LogP contribution in [0.25, 0.3) is 16.6 Å². The molecule has 1 amide bonds. The molecule has 2 heterocycles. The van der Waals surface area contributed by atoms with Crippen LogP contribution in [-0.4, -0.2) is 59.3 Å². The fourth-order valence-electron chi connectivity index (χ4n) is 3.53. The molecule has 2 aromatic heterocycles. The summed E-state index contributed by atoms with van der Waals surface area (Å²) < 4.78 is 8.53. The number of aromatic nitrogens is 3. The van der Waals surface area contributed by atoms with E-state index < -0.39 is 0 Å². The van der Waals surface area contributed by atoms with Crippen molar-refractivity contribution in [3.8, 4) is 5.75 Å². The second-order valence-electron chi connectivity index (χ2n) is 7.63. The van der Waals surface area contributed by atoms with E-state index in [0.29, 0.717) is 29.7 Å². The highest BCUT2D eigenvalue weighted by molar-refractivity contribution is 5.97. The zero-order chi connectivity index (χ0) is 22.0. The summed E-state index contributed by atoms with van der Waals surface area (Å²) in [4.78, 5) is 27.9. The molecule has 0 radical (unpaired) electrons. The summed E-state index contributed by atoms with van der Waals surface area (Å²) in [7, 11) is 5.52. The van der Waals surface area contributed by atoms with Gasteiger partial charge in [-0.2, -0.15) is 5.10 Å². The first-order valence-electron chi connectivity index (χ1n) is 10.0. The maximum Gasteiger partial charge on any atom is 0.277 e. The molecule has 1 N–H and O–H groups in total. The third-order valence-corrected chi connectivity index (χ3v) is 5.21. The minimum absolute atomic E-state index is 0.161. The fraction of sp³-hybridized carbons (Fsp3) is 0.261. The van der Waals surface area contributed by atoms with Gasteiger partial charge < -0.3 is 19.5 Å². The quantitative estimate of drug-likeness (QED) is 0.496. The maximum absolute atomic E-state index is 13.2. The van der Waals surface area contributed by atoms with Gasteiger partial charge in [-0.3, -0.25) is 9.59 Å². The zero-order valence-electron chi connectivity index (χ0n) is 17.8. The highest BCUT2D eigenvalue weighted by atomic mass is 16.5. The summed E-state index contributed by atoms with van der Waals surface area (Å²) in [6.07, 6.45) is 1.61. The number of carbonyl (C=O) groups is 1. The lowest BCUT2D eigenvalue weighted by atomic mass is 10.1. The van der Waals surface area contributed by atoms with E-state index >= 15 is 0 Å². The Hall–Kier alpha value is -3.65. The number of rotatable bonds is 7. The minimum atomic E-state index is -0.173. The Labute approximate surface area is 179 Å². The number of hydrogen-bond acceptors (Lipinski definition) is 5. The summed E-state index contributed by atoms with van der Waals surface area (Å²) in [5, 5.41) is 7.22. The molecule has 4 rings (SSSR count). The molecule has 0 bridgehead atoms. The molecule has 31 heavy (non-hydrogen) atoms. The lowest BCUT2D eigenvalue weighted by Gasteiger charge is -2.14. The van der Waals surface area contributed by atoms with Crippen molar-refractivity contribution in [3.63, 3.8) is 0 Å². The van der Waals surface area contributed by atoms with Gasteiger partial charge in [0.05, 0.1) is 30.9 Å². The SMILES string of the molecule is COc1ccc(Cn2c(=O)c3ccnn3c3ccc(C(=O)NCCN(C)C)cc32)cc1. The van der Waals surface area contributed by atoms with Crippen molar-refractivity contribution >= 4 is 22.5 Å². The van der Waals surface area contributed by atoms with Crippen LogP contribution >= 0.6 is 0 Å². The second kappa shape index (κ2) is 8.61. The topological polar surface area (TPSA) is 80.9 Å². The van der Waals surface area contributed by atoms with Gasteiger partial charge in [-0.1, -0.05) is 12.1 Å². The smallest absolute Gasteiger partial charge is 0.277 e. The van der Waals surface area contributed by atoms with E-state index in [9.17, 15) is 9.59 Å². The van der Waals surface area contributed by atoms with Gasteiger partial charge in [0.25, 0.3) is 11.5 Å². The molecule has 2 aromatic carbocycles. The fourth-order valence-corrected chi connectivity index (χ4v) is 3.53. The molecule has 0 atom stereocenters. The van der Waals surface area contributed by atoms with Gasteiger partial charge in [0.1, 0.15) is 11.3 Å². The van der Waals surface area contributed by atoms with E-state index in [1.165, 1.54) is 0 Å². The number of amides is 1. The normalized spacial score (nSPS) is 11.4. The average Bonchev–Trinajstić information content (AvgIpc) is 3.26. The van der Waals surface area contributed by atoms with Crippen LogP contribution in [-0.2, 0) is 6.54 Å². The molecule has 8 heteroatoms. The Kier molecular flexibility index (Phi) is 5.73. The molecule has 0 fully saturated rings. The van der Waals surface area contributed by atoms with Gasteiger partial charge in [-0.05, 0) is 56.1 Å². The Morgan fingerprint density at radius 3 is 2.55 bits per heavy atom. The van der Waals surface area contributed by atoms with Crippen molar-refractivity contribution in [1.29, 1.82) is 0 Å². The van der Waals surface area contributed by atoms with E-state index in [-0.39, 0.29) is 11.5 Å². The number of nitrogens with zero attached hydrogens (tertiary/aromatic N) is 4. The molecule has 0 saturated carbocycles. The average molecular weight is 419 g/mol. The first-order chi connectivity index (χ1) is 15.0. The largest absolute Gasteiger partial charge is 0.497 e. The van der Waals surface area contributed by atoms with E-state index in [2.05, 4.69) is 10.4 Å². The van der Waals surface area contributed by atoms with Gasteiger partial charge in [0.2, 0.25) is 0 Å². The van der Waals surface area contributed by atoms with Gasteiger partial charge >= 0.3 is 0 Å². The summed E-state index contributed by atoms with van der Waals surface area (Å²) in [6, 6.07) is 14.6. The predicted molar refractivity (Wildman–Crippen MR) is 120 cm³/mol. The van der Waals surface area contributed by atoms with Crippen molar-refractivity contribution in [2.45, 2.75) is 6.54 Å². The Balaban J connectivity index is 1.78. The maximum atomic E-state index is 13.2. The first-order valence-corrected chi connectivity index (χ1v) is 10.0. The number of carbonyl (C=O) groups excluding carboxylic acids is 1. The van der Waals surface area contributed by atoms with E-state index in [1.54, 1.807) is 40.6 Å². The Bertz CT molecular complexity index is 1290. The van der Waals surface area contributed by atoms with E-state index in [1.807, 2.05) is 49.3 Å². The molecule has 0 aliphatic rings. The molecular weight excluding hydrogens is 394 g/mol. The second-order valence-corrected chi connectivity index (χ2v) is 7.63. The van der Waals surface area contributed by atoms with Gasteiger partial charge in [-0.15, -0.1) is 0 Å².